The van der Waals surface area contributed by atoms with E-state index >= 15 is 0 Å². The quantitative estimate of drug-likeness (QED) is 0.169. The van der Waals surface area contributed by atoms with Crippen molar-refractivity contribution in [2.75, 3.05) is 18.6 Å². The number of esters is 2. The molecular weight excluding hydrogens is 474 g/mol. The summed E-state index contributed by atoms with van der Waals surface area (Å²) in [5.41, 5.74) is 5.73. The molecule has 2 amide bonds. The van der Waals surface area contributed by atoms with Gasteiger partial charge in [0.05, 0.1) is 5.92 Å². The van der Waals surface area contributed by atoms with Crippen molar-refractivity contribution in [3.8, 4) is 0 Å². The van der Waals surface area contributed by atoms with Crippen molar-refractivity contribution in [3.63, 3.8) is 0 Å². The van der Waals surface area contributed by atoms with E-state index < -0.39 is 41.5 Å². The third-order valence-electron chi connectivity index (χ3n) is 4.53. The van der Waals surface area contributed by atoms with Crippen LogP contribution in [-0.2, 0) is 33.5 Å². The van der Waals surface area contributed by atoms with Crippen LogP contribution in [0.5, 0.6) is 0 Å². The van der Waals surface area contributed by atoms with E-state index in [1.807, 2.05) is 0 Å². The Morgan fingerprint density at radius 1 is 1.30 bits per heavy atom. The number of fused-ring (bicyclic) bond motifs is 1. The third kappa shape index (κ3) is 5.27. The maximum atomic E-state index is 12.8. The Hall–Kier alpha value is -3.13. The summed E-state index contributed by atoms with van der Waals surface area (Å²) in [5, 5.41) is 7.57. The number of rotatable bonds is 8. The molecule has 1 saturated heterocycles. The Labute approximate surface area is 197 Å². The molecule has 1 aromatic heterocycles. The number of nitrogens with two attached hydrogens (primary N) is 1. The Bertz CT molecular complexity index is 1020. The van der Waals surface area contributed by atoms with E-state index in [-0.39, 0.29) is 28.2 Å². The number of β-lactam (4-membered cyclic amide) rings is 1. The first-order valence-electron chi connectivity index (χ1n) is 9.83. The fourth-order valence-electron chi connectivity index (χ4n) is 2.97. The summed E-state index contributed by atoms with van der Waals surface area (Å²) in [6.07, 6.45) is 0.429. The highest BCUT2D eigenvalue weighted by atomic mass is 32.2. The topological polar surface area (TPSA) is 163 Å². The highest BCUT2D eigenvalue weighted by Gasteiger charge is 2.53. The summed E-state index contributed by atoms with van der Waals surface area (Å²) < 4.78 is 10.2. The third-order valence-corrected chi connectivity index (χ3v) is 6.39. The van der Waals surface area contributed by atoms with Crippen molar-refractivity contribution in [2.45, 2.75) is 38.5 Å². The Morgan fingerprint density at radius 3 is 2.64 bits per heavy atom. The highest BCUT2D eigenvalue weighted by Crippen LogP contribution is 2.38. The van der Waals surface area contributed by atoms with Gasteiger partial charge in [0.1, 0.15) is 29.9 Å². The number of nitrogens with zero attached hydrogens (tertiary/aromatic N) is 3. The summed E-state index contributed by atoms with van der Waals surface area (Å²) >= 11 is 2.49. The van der Waals surface area contributed by atoms with E-state index in [2.05, 4.69) is 15.5 Å². The standard InChI is InChI=1S/C19H23N5O7S2/c1-8(2)17(27)30-9(3)31-18(28)11-5-6-32-16-13(15(26)24(11)16)22-14(25)12(23-29-4)10-7-33-19(20)21-10/h5,7-9,13,16H,6H2,1-4H3,(H2,20,21)(H,22,25)/b23-12+. The first-order valence-corrected chi connectivity index (χ1v) is 11.8. The molecule has 0 saturated carbocycles. The highest BCUT2D eigenvalue weighted by molar-refractivity contribution is 8.00. The lowest BCUT2D eigenvalue weighted by Gasteiger charge is -2.48. The monoisotopic (exact) mass is 497 g/mol. The van der Waals surface area contributed by atoms with E-state index in [1.165, 1.54) is 30.7 Å². The van der Waals surface area contributed by atoms with E-state index in [0.29, 0.717) is 5.75 Å². The smallest absolute Gasteiger partial charge is 0.357 e. The first kappa shape index (κ1) is 24.5. The fourth-order valence-corrected chi connectivity index (χ4v) is 4.71. The summed E-state index contributed by atoms with van der Waals surface area (Å²) in [4.78, 5) is 59.8. The van der Waals surface area contributed by atoms with Gasteiger partial charge in [0.25, 0.3) is 11.8 Å². The van der Waals surface area contributed by atoms with Gasteiger partial charge in [-0.15, -0.1) is 23.1 Å². The molecule has 3 rings (SSSR count). The minimum Gasteiger partial charge on any atom is -0.425 e. The van der Waals surface area contributed by atoms with Gasteiger partial charge in [-0.05, 0) is 6.08 Å². The maximum absolute atomic E-state index is 12.8. The van der Waals surface area contributed by atoms with Crippen molar-refractivity contribution in [2.24, 2.45) is 11.1 Å². The van der Waals surface area contributed by atoms with Crippen LogP contribution in [0, 0.1) is 5.92 Å². The SMILES string of the molecule is CO/N=C(/C(=O)NC1C(=O)N2C(C(=O)OC(C)OC(=O)C(C)C)=CCSC12)c1csc(N)n1. The number of thioether (sulfide) groups is 1. The van der Waals surface area contributed by atoms with E-state index in [1.54, 1.807) is 25.3 Å². The summed E-state index contributed by atoms with van der Waals surface area (Å²) in [6.45, 7) is 4.72. The number of aromatic nitrogens is 1. The molecule has 3 heterocycles. The molecule has 1 aromatic rings. The molecule has 0 radical (unpaired) electrons. The minimum atomic E-state index is -1.12. The van der Waals surface area contributed by atoms with E-state index in [0.717, 1.165) is 11.3 Å². The second-order valence-corrected chi connectivity index (χ2v) is 9.27. The molecule has 0 aliphatic carbocycles. The number of oxime groups is 1. The fraction of sp³-hybridized carbons (Fsp3) is 0.474. The van der Waals surface area contributed by atoms with Crippen LogP contribution < -0.4 is 11.1 Å². The summed E-state index contributed by atoms with van der Waals surface area (Å²) in [7, 11) is 1.28. The molecule has 0 spiro atoms. The zero-order valence-electron chi connectivity index (χ0n) is 18.3. The Kier molecular flexibility index (Phi) is 7.58. The Balaban J connectivity index is 1.65. The predicted molar refractivity (Wildman–Crippen MR) is 120 cm³/mol. The number of ether oxygens (including phenoxy) is 2. The number of nitrogens with one attached hydrogen (secondary N) is 1. The largest absolute Gasteiger partial charge is 0.425 e. The average molecular weight is 498 g/mol. The number of nitrogen functional groups attached to an aromatic ring is 1. The molecule has 2 aliphatic heterocycles. The zero-order valence-corrected chi connectivity index (χ0v) is 19.9. The van der Waals surface area contributed by atoms with Crippen LogP contribution in [0.1, 0.15) is 26.5 Å². The van der Waals surface area contributed by atoms with Gasteiger partial charge in [-0.1, -0.05) is 19.0 Å². The minimum absolute atomic E-state index is 0.0275. The molecule has 0 bridgehead atoms. The number of thiazole rings is 1. The van der Waals surface area contributed by atoms with Gasteiger partial charge in [0, 0.05) is 18.1 Å². The number of anilines is 1. The number of hydrogen-bond acceptors (Lipinski definition) is 12. The number of hydrogen-bond donors (Lipinski definition) is 2. The van der Waals surface area contributed by atoms with Crippen LogP contribution in [-0.4, -0.2) is 69.9 Å². The lowest BCUT2D eigenvalue weighted by atomic mass is 10.0. The van der Waals surface area contributed by atoms with Crippen molar-refractivity contribution in [1.82, 2.24) is 15.2 Å². The van der Waals surface area contributed by atoms with Crippen LogP contribution in [0.2, 0.25) is 0 Å². The van der Waals surface area contributed by atoms with Crippen molar-refractivity contribution >= 4 is 57.7 Å². The predicted octanol–water partition coefficient (Wildman–Crippen LogP) is 0.448. The second-order valence-electron chi connectivity index (χ2n) is 7.23. The molecular formula is C19H23N5O7S2. The molecule has 178 valence electrons. The normalized spacial score (nSPS) is 20.9. The van der Waals surface area contributed by atoms with Gasteiger partial charge >= 0.3 is 11.9 Å². The van der Waals surface area contributed by atoms with Crippen LogP contribution >= 0.6 is 23.1 Å². The maximum Gasteiger partial charge on any atom is 0.357 e. The van der Waals surface area contributed by atoms with Gasteiger partial charge < -0.3 is 25.4 Å². The van der Waals surface area contributed by atoms with Gasteiger partial charge in [0.15, 0.2) is 10.8 Å². The van der Waals surface area contributed by atoms with Gasteiger partial charge in [-0.2, -0.15) is 0 Å². The molecule has 3 N–H and O–H groups in total. The lowest BCUT2D eigenvalue weighted by Crippen LogP contribution is -2.70. The van der Waals surface area contributed by atoms with E-state index in [9.17, 15) is 19.2 Å². The Morgan fingerprint density at radius 2 is 2.03 bits per heavy atom. The van der Waals surface area contributed by atoms with Crippen LogP contribution in [0.15, 0.2) is 22.3 Å². The molecule has 0 aromatic carbocycles. The summed E-state index contributed by atoms with van der Waals surface area (Å²) in [6, 6.07) is -0.895. The zero-order chi connectivity index (χ0) is 24.3. The van der Waals surface area contributed by atoms with Gasteiger partial charge in [-0.25, -0.2) is 9.78 Å². The molecule has 33 heavy (non-hydrogen) atoms. The van der Waals surface area contributed by atoms with Crippen molar-refractivity contribution < 1.29 is 33.5 Å². The number of amides is 2. The van der Waals surface area contributed by atoms with Crippen molar-refractivity contribution in [1.29, 1.82) is 0 Å². The van der Waals surface area contributed by atoms with Crippen LogP contribution in [0.4, 0.5) is 5.13 Å². The van der Waals surface area contributed by atoms with Gasteiger partial charge in [-0.3, -0.25) is 19.3 Å². The summed E-state index contributed by atoms with van der Waals surface area (Å²) in [5.74, 6) is -2.46. The second kappa shape index (κ2) is 10.2. The van der Waals surface area contributed by atoms with E-state index in [4.69, 9.17) is 20.0 Å². The number of carbonyl (C=O) groups excluding carboxylic acids is 4. The number of carbonyl (C=O) groups is 4. The van der Waals surface area contributed by atoms with Crippen molar-refractivity contribution in [3.05, 3.63) is 22.8 Å². The van der Waals surface area contributed by atoms with Crippen LogP contribution in [0.25, 0.3) is 0 Å². The molecule has 3 unspecified atom stereocenters. The van der Waals surface area contributed by atoms with Gasteiger partial charge in [0.2, 0.25) is 6.29 Å². The first-order chi connectivity index (χ1) is 15.6. The molecule has 2 aliphatic rings. The lowest BCUT2D eigenvalue weighted by molar-refractivity contribution is -0.186. The van der Waals surface area contributed by atoms with Crippen LogP contribution in [0.3, 0.4) is 0 Å². The molecule has 1 fully saturated rings. The average Bonchev–Trinajstić information content (AvgIpc) is 3.20. The molecule has 12 nitrogen and oxygen atoms in total. The molecule has 3 atom stereocenters. The molecule has 14 heteroatoms.